The summed E-state index contributed by atoms with van der Waals surface area (Å²) in [4.78, 5) is 0. The van der Waals surface area contributed by atoms with E-state index < -0.39 is 6.10 Å². The molecule has 0 saturated carbocycles. The molecule has 0 amide bonds. The Morgan fingerprint density at radius 1 is 1.12 bits per heavy atom. The number of aliphatic hydroxyl groups is 1. The van der Waals surface area contributed by atoms with Crippen LogP contribution in [0.1, 0.15) is 18.6 Å². The lowest BCUT2D eigenvalue weighted by Crippen LogP contribution is -2.07. The van der Waals surface area contributed by atoms with Gasteiger partial charge < -0.3 is 5.11 Å². The maximum absolute atomic E-state index is 10.1. The molecule has 80 valence electrons. The topological polar surface area (TPSA) is 20.2 Å². The summed E-state index contributed by atoms with van der Waals surface area (Å²) in [6.07, 6.45) is 4.74. The first-order chi connectivity index (χ1) is 7.74. The van der Waals surface area contributed by atoms with Crippen molar-refractivity contribution >= 4 is 10.8 Å². The summed E-state index contributed by atoms with van der Waals surface area (Å²) in [7, 11) is 0. The average Bonchev–Trinajstić information content (AvgIpc) is 2.36. The maximum Gasteiger partial charge on any atom is 0.0930 e. The van der Waals surface area contributed by atoms with Crippen LogP contribution in [0.4, 0.5) is 0 Å². The summed E-state index contributed by atoms with van der Waals surface area (Å²) >= 11 is 0. The Hall–Kier alpha value is -1.78. The minimum Gasteiger partial charge on any atom is -0.387 e. The number of rotatable bonds is 2. The van der Waals surface area contributed by atoms with Crippen molar-refractivity contribution in [2.45, 2.75) is 13.0 Å². The molecule has 0 aliphatic carbocycles. The van der Waals surface area contributed by atoms with Crippen LogP contribution in [0.2, 0.25) is 0 Å². The fourth-order valence-corrected chi connectivity index (χ4v) is 1.87. The van der Waals surface area contributed by atoms with Gasteiger partial charge in [0, 0.05) is 5.92 Å². The highest BCUT2D eigenvalue weighted by Gasteiger charge is 2.16. The SMILES string of the molecule is C#CC(C)C(O)c1cccc2ccccc12. The predicted molar refractivity (Wildman–Crippen MR) is 66.9 cm³/mol. The number of fused-ring (bicyclic) bond motifs is 1. The molecular weight excluding hydrogens is 196 g/mol. The van der Waals surface area contributed by atoms with Crippen LogP contribution in [0.3, 0.4) is 0 Å². The van der Waals surface area contributed by atoms with Crippen molar-refractivity contribution in [1.82, 2.24) is 0 Å². The lowest BCUT2D eigenvalue weighted by Gasteiger charge is -2.16. The predicted octanol–water partition coefficient (Wildman–Crippen LogP) is 3.14. The number of terminal acetylenes is 1. The molecule has 2 rings (SSSR count). The van der Waals surface area contributed by atoms with Crippen molar-refractivity contribution in [3.05, 3.63) is 48.0 Å². The molecular formula is C15H14O. The molecule has 0 aliphatic rings. The van der Waals surface area contributed by atoms with Crippen LogP contribution in [-0.4, -0.2) is 5.11 Å². The Balaban J connectivity index is 2.57. The molecule has 0 aromatic heterocycles. The van der Waals surface area contributed by atoms with Gasteiger partial charge in [0.25, 0.3) is 0 Å². The molecule has 2 aromatic carbocycles. The van der Waals surface area contributed by atoms with Gasteiger partial charge in [-0.2, -0.15) is 0 Å². The van der Waals surface area contributed by atoms with Crippen LogP contribution >= 0.6 is 0 Å². The Labute approximate surface area is 95.7 Å². The van der Waals surface area contributed by atoms with E-state index in [9.17, 15) is 5.11 Å². The maximum atomic E-state index is 10.1. The third-order valence-electron chi connectivity index (χ3n) is 2.88. The van der Waals surface area contributed by atoms with Crippen LogP contribution in [0.5, 0.6) is 0 Å². The van der Waals surface area contributed by atoms with Gasteiger partial charge in [-0.3, -0.25) is 0 Å². The van der Waals surface area contributed by atoms with E-state index in [4.69, 9.17) is 6.42 Å². The summed E-state index contributed by atoms with van der Waals surface area (Å²) in [5.74, 6) is 2.40. The molecule has 2 unspecified atom stereocenters. The second-order valence-corrected chi connectivity index (χ2v) is 3.97. The van der Waals surface area contributed by atoms with Gasteiger partial charge >= 0.3 is 0 Å². The first kappa shape index (κ1) is 10.7. The molecule has 2 atom stereocenters. The Morgan fingerprint density at radius 3 is 2.56 bits per heavy atom. The fraction of sp³-hybridized carbons (Fsp3) is 0.200. The number of benzene rings is 2. The Bertz CT molecular complexity index is 531. The van der Waals surface area contributed by atoms with E-state index in [0.717, 1.165) is 16.3 Å². The monoisotopic (exact) mass is 210 g/mol. The van der Waals surface area contributed by atoms with Crippen molar-refractivity contribution < 1.29 is 5.11 Å². The lowest BCUT2D eigenvalue weighted by molar-refractivity contribution is 0.145. The smallest absolute Gasteiger partial charge is 0.0930 e. The van der Waals surface area contributed by atoms with E-state index in [1.54, 1.807) is 0 Å². The molecule has 1 N–H and O–H groups in total. The largest absolute Gasteiger partial charge is 0.387 e. The minimum atomic E-state index is -0.601. The summed E-state index contributed by atoms with van der Waals surface area (Å²) in [5, 5.41) is 12.3. The summed E-state index contributed by atoms with van der Waals surface area (Å²) < 4.78 is 0. The highest BCUT2D eigenvalue weighted by Crippen LogP contribution is 2.28. The zero-order chi connectivity index (χ0) is 11.5. The number of aliphatic hydroxyl groups excluding tert-OH is 1. The van der Waals surface area contributed by atoms with Gasteiger partial charge in [-0.25, -0.2) is 0 Å². The van der Waals surface area contributed by atoms with Crippen molar-refractivity contribution in [3.8, 4) is 12.3 Å². The molecule has 2 aromatic rings. The van der Waals surface area contributed by atoms with Crippen molar-refractivity contribution in [3.63, 3.8) is 0 Å². The van der Waals surface area contributed by atoms with E-state index in [2.05, 4.69) is 5.92 Å². The van der Waals surface area contributed by atoms with Gasteiger partial charge in [0.2, 0.25) is 0 Å². The number of hydrogen-bond donors (Lipinski definition) is 1. The van der Waals surface area contributed by atoms with Gasteiger partial charge in [-0.05, 0) is 23.3 Å². The molecule has 0 heterocycles. The molecule has 0 aliphatic heterocycles. The number of hydrogen-bond acceptors (Lipinski definition) is 1. The summed E-state index contributed by atoms with van der Waals surface area (Å²) in [6.45, 7) is 1.85. The summed E-state index contributed by atoms with van der Waals surface area (Å²) in [6, 6.07) is 13.9. The van der Waals surface area contributed by atoms with E-state index in [1.807, 2.05) is 49.4 Å². The third kappa shape index (κ3) is 1.80. The quantitative estimate of drug-likeness (QED) is 0.755. The van der Waals surface area contributed by atoms with Crippen LogP contribution < -0.4 is 0 Å². The lowest BCUT2D eigenvalue weighted by atomic mass is 9.93. The van der Waals surface area contributed by atoms with Gasteiger partial charge in [0.1, 0.15) is 0 Å². The van der Waals surface area contributed by atoms with Crippen LogP contribution in [0, 0.1) is 18.3 Å². The van der Waals surface area contributed by atoms with Gasteiger partial charge in [-0.1, -0.05) is 42.5 Å². The molecule has 16 heavy (non-hydrogen) atoms. The standard InChI is InChI=1S/C15H14O/c1-3-11(2)15(16)14-10-6-8-12-7-4-5-9-13(12)14/h1,4-11,15-16H,2H3. The zero-order valence-electron chi connectivity index (χ0n) is 9.22. The van der Waals surface area contributed by atoms with E-state index in [0.29, 0.717) is 0 Å². The molecule has 1 nitrogen and oxygen atoms in total. The molecule has 0 fully saturated rings. The first-order valence-corrected chi connectivity index (χ1v) is 5.36. The fourth-order valence-electron chi connectivity index (χ4n) is 1.87. The van der Waals surface area contributed by atoms with Crippen molar-refractivity contribution in [2.75, 3.05) is 0 Å². The zero-order valence-corrected chi connectivity index (χ0v) is 9.22. The average molecular weight is 210 g/mol. The van der Waals surface area contributed by atoms with E-state index in [-0.39, 0.29) is 5.92 Å². The Morgan fingerprint density at radius 2 is 1.81 bits per heavy atom. The normalized spacial score (nSPS) is 14.3. The summed E-state index contributed by atoms with van der Waals surface area (Å²) in [5.41, 5.74) is 0.906. The second kappa shape index (κ2) is 4.38. The third-order valence-corrected chi connectivity index (χ3v) is 2.88. The van der Waals surface area contributed by atoms with Gasteiger partial charge in [0.05, 0.1) is 6.10 Å². The highest BCUT2D eigenvalue weighted by atomic mass is 16.3. The van der Waals surface area contributed by atoms with Gasteiger partial charge in [0.15, 0.2) is 0 Å². The molecule has 0 spiro atoms. The van der Waals surface area contributed by atoms with Crippen molar-refractivity contribution in [1.29, 1.82) is 0 Å². The molecule has 0 radical (unpaired) electrons. The van der Waals surface area contributed by atoms with E-state index in [1.165, 1.54) is 0 Å². The first-order valence-electron chi connectivity index (χ1n) is 5.36. The molecule has 0 saturated heterocycles. The molecule has 0 bridgehead atoms. The second-order valence-electron chi connectivity index (χ2n) is 3.97. The van der Waals surface area contributed by atoms with Crippen molar-refractivity contribution in [2.24, 2.45) is 5.92 Å². The van der Waals surface area contributed by atoms with Gasteiger partial charge in [-0.15, -0.1) is 12.3 Å². The molecule has 1 heteroatoms. The highest BCUT2D eigenvalue weighted by molar-refractivity contribution is 5.86. The van der Waals surface area contributed by atoms with E-state index >= 15 is 0 Å². The van der Waals surface area contributed by atoms with Crippen LogP contribution in [0.15, 0.2) is 42.5 Å². The van der Waals surface area contributed by atoms with Crippen LogP contribution in [-0.2, 0) is 0 Å². The minimum absolute atomic E-state index is 0.175. The van der Waals surface area contributed by atoms with Crippen LogP contribution in [0.25, 0.3) is 10.8 Å². The Kier molecular flexibility index (Phi) is 2.94.